The number of nitrogens with zero attached hydrogens (tertiary/aromatic N) is 5. The van der Waals surface area contributed by atoms with Crippen molar-refractivity contribution in [3.63, 3.8) is 0 Å². The number of amides is 2. The molecule has 2 saturated heterocycles. The number of alkyl halides is 3. The summed E-state index contributed by atoms with van der Waals surface area (Å²) in [4.78, 5) is 39.0. The molecule has 2 aliphatic rings. The molecule has 168 valence electrons. The van der Waals surface area contributed by atoms with Gasteiger partial charge in [-0.3, -0.25) is 19.2 Å². The van der Waals surface area contributed by atoms with Crippen molar-refractivity contribution in [3.8, 4) is 0 Å². The van der Waals surface area contributed by atoms with E-state index in [1.165, 1.54) is 0 Å². The van der Waals surface area contributed by atoms with Crippen LogP contribution in [0.15, 0.2) is 12.4 Å². The average Bonchev–Trinajstić information content (AvgIpc) is 3.07. The molecule has 1 N–H and O–H groups in total. The monoisotopic (exact) mass is 433 g/mol. The van der Waals surface area contributed by atoms with Gasteiger partial charge in [-0.1, -0.05) is 0 Å². The maximum Gasteiger partial charge on any atom is 0.490 e. The van der Waals surface area contributed by atoms with E-state index >= 15 is 0 Å². The van der Waals surface area contributed by atoms with Crippen molar-refractivity contribution in [1.29, 1.82) is 0 Å². The highest BCUT2D eigenvalue weighted by molar-refractivity contribution is 5.80. The molecule has 30 heavy (non-hydrogen) atoms. The molecule has 9 nitrogen and oxygen atoms in total. The van der Waals surface area contributed by atoms with E-state index in [0.717, 1.165) is 38.3 Å². The van der Waals surface area contributed by atoms with Crippen LogP contribution in [-0.4, -0.2) is 93.3 Å². The number of hydrogen-bond acceptors (Lipinski definition) is 5. The molecule has 2 fully saturated rings. The first-order valence-electron chi connectivity index (χ1n) is 9.31. The van der Waals surface area contributed by atoms with Crippen molar-refractivity contribution >= 4 is 17.8 Å². The summed E-state index contributed by atoms with van der Waals surface area (Å²) in [5.41, 5.74) is 1.01. The third kappa shape index (κ3) is 6.18. The Morgan fingerprint density at radius 1 is 1.20 bits per heavy atom. The first kappa shape index (κ1) is 23.6. The van der Waals surface area contributed by atoms with Crippen LogP contribution < -0.4 is 0 Å². The highest BCUT2D eigenvalue weighted by atomic mass is 19.4. The fourth-order valence-electron chi connectivity index (χ4n) is 3.88. The Balaban J connectivity index is 0.000000396. The van der Waals surface area contributed by atoms with Gasteiger partial charge in [-0.05, 0) is 0 Å². The fourth-order valence-corrected chi connectivity index (χ4v) is 3.88. The number of aliphatic carboxylic acids is 1. The summed E-state index contributed by atoms with van der Waals surface area (Å²) in [5.74, 6) is -2.49. The number of aromatic nitrogens is 2. The summed E-state index contributed by atoms with van der Waals surface area (Å²) in [7, 11) is 3.76. The molecular formula is C18H26F3N5O4. The summed E-state index contributed by atoms with van der Waals surface area (Å²) in [6, 6.07) is 0. The molecule has 0 bridgehead atoms. The minimum atomic E-state index is -5.08. The molecule has 1 aromatic heterocycles. The number of halogens is 3. The van der Waals surface area contributed by atoms with Crippen molar-refractivity contribution in [2.75, 3.05) is 39.8 Å². The van der Waals surface area contributed by atoms with E-state index in [2.05, 4.69) is 10.00 Å². The number of carbonyl (C=O) groups excluding carboxylic acids is 2. The van der Waals surface area contributed by atoms with Gasteiger partial charge in [0.15, 0.2) is 0 Å². The van der Waals surface area contributed by atoms with Crippen LogP contribution >= 0.6 is 0 Å². The van der Waals surface area contributed by atoms with Crippen molar-refractivity contribution in [3.05, 3.63) is 18.0 Å². The zero-order valence-electron chi connectivity index (χ0n) is 17.1. The quantitative estimate of drug-likeness (QED) is 0.732. The second-order valence-corrected chi connectivity index (χ2v) is 7.90. The summed E-state index contributed by atoms with van der Waals surface area (Å²) >= 11 is 0. The lowest BCUT2D eigenvalue weighted by molar-refractivity contribution is -0.192. The second-order valence-electron chi connectivity index (χ2n) is 7.90. The Labute approximate surface area is 172 Å². The molecule has 12 heteroatoms. The van der Waals surface area contributed by atoms with Gasteiger partial charge in [-0.15, -0.1) is 0 Å². The molecule has 0 radical (unpaired) electrons. The molecule has 1 aromatic rings. The van der Waals surface area contributed by atoms with Crippen molar-refractivity contribution in [1.82, 2.24) is 24.5 Å². The van der Waals surface area contributed by atoms with Gasteiger partial charge in [0.25, 0.3) is 0 Å². The molecular weight excluding hydrogens is 407 g/mol. The molecule has 1 atom stereocenters. The number of carboxylic acids is 1. The lowest BCUT2D eigenvalue weighted by atomic mass is 9.86. The molecule has 3 rings (SSSR count). The van der Waals surface area contributed by atoms with Crippen LogP contribution in [0.1, 0.15) is 18.9 Å². The highest BCUT2D eigenvalue weighted by Crippen LogP contribution is 2.34. The van der Waals surface area contributed by atoms with Crippen LogP contribution in [0.25, 0.3) is 0 Å². The van der Waals surface area contributed by atoms with Crippen molar-refractivity contribution in [2.24, 2.45) is 12.5 Å². The molecule has 2 aliphatic heterocycles. The maximum atomic E-state index is 12.1. The van der Waals surface area contributed by atoms with Crippen LogP contribution in [0.2, 0.25) is 0 Å². The molecule has 1 spiro atoms. The lowest BCUT2D eigenvalue weighted by Crippen LogP contribution is -2.43. The van der Waals surface area contributed by atoms with E-state index in [9.17, 15) is 22.8 Å². The largest absolute Gasteiger partial charge is 0.490 e. The average molecular weight is 433 g/mol. The Hall–Kier alpha value is -2.63. The smallest absolute Gasteiger partial charge is 0.475 e. The first-order valence-corrected chi connectivity index (χ1v) is 9.31. The minimum Gasteiger partial charge on any atom is -0.475 e. The van der Waals surface area contributed by atoms with E-state index in [0.29, 0.717) is 13.0 Å². The van der Waals surface area contributed by atoms with E-state index in [4.69, 9.17) is 9.90 Å². The summed E-state index contributed by atoms with van der Waals surface area (Å²) in [6.45, 7) is 6.19. The van der Waals surface area contributed by atoms with Crippen LogP contribution in [-0.2, 0) is 28.0 Å². The Bertz CT molecular complexity index is 797. The third-order valence-corrected chi connectivity index (χ3v) is 5.15. The predicted molar refractivity (Wildman–Crippen MR) is 99.1 cm³/mol. The first-order chi connectivity index (χ1) is 13.8. The molecule has 0 aromatic carbocycles. The van der Waals surface area contributed by atoms with Crippen LogP contribution in [0.3, 0.4) is 0 Å². The minimum absolute atomic E-state index is 0.0922. The van der Waals surface area contributed by atoms with Gasteiger partial charge in [-0.25, -0.2) is 4.79 Å². The number of hydrogen-bond donors (Lipinski definition) is 1. The summed E-state index contributed by atoms with van der Waals surface area (Å²) in [6.07, 6.45) is -0.657. The Kier molecular flexibility index (Phi) is 7.11. The summed E-state index contributed by atoms with van der Waals surface area (Å²) in [5, 5.41) is 11.3. The Morgan fingerprint density at radius 2 is 1.83 bits per heavy atom. The van der Waals surface area contributed by atoms with Crippen LogP contribution in [0, 0.1) is 5.41 Å². The van der Waals surface area contributed by atoms with Gasteiger partial charge >= 0.3 is 12.1 Å². The van der Waals surface area contributed by atoms with E-state index in [1.807, 2.05) is 31.4 Å². The van der Waals surface area contributed by atoms with Crippen molar-refractivity contribution in [2.45, 2.75) is 26.1 Å². The molecule has 1 unspecified atom stereocenters. The normalized spacial score (nSPS) is 22.7. The standard InChI is InChI=1S/C16H25N5O2.C2HF3O2/c1-13(22)21-5-4-20(9-14-7-17-19(3)8-14)11-16(12-21)6-15(23)18(2)10-16;3-2(4,5)1(6)7/h7-8H,4-6,9-12H2,1-3H3;(H,6,7). The number of aryl methyl sites for hydroxylation is 1. The number of rotatable bonds is 2. The third-order valence-electron chi connectivity index (χ3n) is 5.15. The van der Waals surface area contributed by atoms with Gasteiger partial charge in [0.2, 0.25) is 11.8 Å². The van der Waals surface area contributed by atoms with E-state index < -0.39 is 12.1 Å². The SMILES string of the molecule is CC(=O)N1CCN(Cc2cnn(C)c2)CC2(CC(=O)N(C)C2)C1.O=C(O)C(F)(F)F. The predicted octanol–water partition coefficient (Wildman–Crippen LogP) is 0.566. The van der Waals surface area contributed by atoms with Gasteiger partial charge in [-0.2, -0.15) is 18.3 Å². The summed E-state index contributed by atoms with van der Waals surface area (Å²) < 4.78 is 33.5. The van der Waals surface area contributed by atoms with E-state index in [-0.39, 0.29) is 17.2 Å². The van der Waals surface area contributed by atoms with Gasteiger partial charge in [0.05, 0.1) is 6.20 Å². The number of carbonyl (C=O) groups is 3. The van der Waals surface area contributed by atoms with Gasteiger partial charge in [0.1, 0.15) is 0 Å². The molecule has 0 saturated carbocycles. The zero-order valence-corrected chi connectivity index (χ0v) is 17.1. The fraction of sp³-hybridized carbons (Fsp3) is 0.667. The molecule has 0 aliphatic carbocycles. The molecule has 3 heterocycles. The van der Waals surface area contributed by atoms with Gasteiger partial charge < -0.3 is 14.9 Å². The van der Waals surface area contributed by atoms with Crippen molar-refractivity contribution < 1.29 is 32.7 Å². The Morgan fingerprint density at radius 3 is 2.27 bits per heavy atom. The molecule has 2 amide bonds. The van der Waals surface area contributed by atoms with Gasteiger partial charge in [0, 0.05) is 83.9 Å². The van der Waals surface area contributed by atoms with Crippen LogP contribution in [0.4, 0.5) is 13.2 Å². The topological polar surface area (TPSA) is 99.0 Å². The van der Waals surface area contributed by atoms with E-state index in [1.54, 1.807) is 16.5 Å². The number of likely N-dealkylation sites (tertiary alicyclic amines) is 1. The lowest BCUT2D eigenvalue weighted by Gasteiger charge is -2.33. The maximum absolute atomic E-state index is 12.1. The number of carboxylic acid groups (broad SMARTS) is 1. The second kappa shape index (κ2) is 9.02. The van der Waals surface area contributed by atoms with Crippen LogP contribution in [0.5, 0.6) is 0 Å². The highest BCUT2D eigenvalue weighted by Gasteiger charge is 2.45. The zero-order chi connectivity index (χ0) is 22.7.